The molecule has 0 aliphatic rings. The lowest BCUT2D eigenvalue weighted by molar-refractivity contribution is 0.0952. The topological polar surface area (TPSA) is 46.9 Å². The molecule has 4 nitrogen and oxygen atoms in total. The van der Waals surface area contributed by atoms with Crippen molar-refractivity contribution in [3.05, 3.63) is 101 Å². The number of para-hydroxylation sites is 2. The summed E-state index contributed by atoms with van der Waals surface area (Å²) in [5, 5.41) is 3.05. The molecule has 1 N–H and O–H groups in total. The Morgan fingerprint density at radius 1 is 0.844 bits per heavy atom. The van der Waals surface area contributed by atoms with Gasteiger partial charge in [-0.15, -0.1) is 0 Å². The van der Waals surface area contributed by atoms with Crippen LogP contribution in [0.3, 0.4) is 0 Å². The lowest BCUT2D eigenvalue weighted by Gasteiger charge is -2.12. The summed E-state index contributed by atoms with van der Waals surface area (Å²) in [5.41, 5.74) is 6.66. The second kappa shape index (κ2) is 10.3. The van der Waals surface area contributed by atoms with E-state index < -0.39 is 0 Å². The number of hydrogen-bond donors (Lipinski definition) is 1. The van der Waals surface area contributed by atoms with Gasteiger partial charge in [-0.2, -0.15) is 0 Å². The highest BCUT2D eigenvalue weighted by Crippen LogP contribution is 2.21. The predicted molar refractivity (Wildman–Crippen MR) is 131 cm³/mol. The summed E-state index contributed by atoms with van der Waals surface area (Å²) >= 11 is 0. The summed E-state index contributed by atoms with van der Waals surface area (Å²) in [4.78, 5) is 17.3. The number of benzene rings is 3. The van der Waals surface area contributed by atoms with Crippen LogP contribution >= 0.6 is 0 Å². The first kappa shape index (κ1) is 21.8. The van der Waals surface area contributed by atoms with Gasteiger partial charge in [-0.05, 0) is 61.6 Å². The predicted octanol–water partition coefficient (Wildman–Crippen LogP) is 5.84. The smallest absolute Gasteiger partial charge is 0.251 e. The highest BCUT2D eigenvalue weighted by molar-refractivity contribution is 5.95. The van der Waals surface area contributed by atoms with Crippen molar-refractivity contribution in [2.75, 3.05) is 6.54 Å². The van der Waals surface area contributed by atoms with Crippen LogP contribution in [0.1, 0.15) is 52.1 Å². The number of nitrogens with zero attached hydrogens (tertiary/aromatic N) is 2. The van der Waals surface area contributed by atoms with E-state index in [2.05, 4.69) is 59.3 Å². The van der Waals surface area contributed by atoms with Gasteiger partial charge in [-0.1, -0.05) is 61.0 Å². The van der Waals surface area contributed by atoms with Crippen molar-refractivity contribution in [3.63, 3.8) is 0 Å². The van der Waals surface area contributed by atoms with Crippen LogP contribution in [-0.2, 0) is 13.0 Å². The third-order valence-corrected chi connectivity index (χ3v) is 6.08. The number of unbranched alkanes of at least 4 members (excludes halogenated alkanes) is 2. The molecule has 0 unspecified atom stereocenters. The number of rotatable bonds is 9. The molecule has 4 heteroatoms. The van der Waals surface area contributed by atoms with Crippen LogP contribution in [-0.4, -0.2) is 22.0 Å². The van der Waals surface area contributed by atoms with Crippen molar-refractivity contribution < 1.29 is 4.79 Å². The SMILES string of the molecule is Cc1ccccc1Cn1c(CCCCCNC(=O)c2ccccc2C)nc2ccccc21. The van der Waals surface area contributed by atoms with Gasteiger partial charge in [-0.25, -0.2) is 4.98 Å². The van der Waals surface area contributed by atoms with Crippen molar-refractivity contribution >= 4 is 16.9 Å². The molecule has 0 fully saturated rings. The van der Waals surface area contributed by atoms with Gasteiger partial charge in [0.2, 0.25) is 0 Å². The Kier molecular flexibility index (Phi) is 7.00. The molecule has 0 saturated carbocycles. The number of hydrogen-bond acceptors (Lipinski definition) is 2. The Bertz CT molecular complexity index is 1210. The maximum absolute atomic E-state index is 12.3. The van der Waals surface area contributed by atoms with Crippen LogP contribution in [0.2, 0.25) is 0 Å². The van der Waals surface area contributed by atoms with Crippen LogP contribution in [0, 0.1) is 13.8 Å². The molecule has 0 atom stereocenters. The molecule has 0 aliphatic carbocycles. The molecule has 32 heavy (non-hydrogen) atoms. The van der Waals surface area contributed by atoms with Gasteiger partial charge in [0.1, 0.15) is 5.82 Å². The summed E-state index contributed by atoms with van der Waals surface area (Å²) in [6.45, 7) is 5.68. The molecule has 3 aromatic carbocycles. The lowest BCUT2D eigenvalue weighted by atomic mass is 10.1. The fraction of sp³-hybridized carbons (Fsp3) is 0.286. The molecule has 0 radical (unpaired) electrons. The van der Waals surface area contributed by atoms with Gasteiger partial charge in [-0.3, -0.25) is 4.79 Å². The van der Waals surface area contributed by atoms with Gasteiger partial charge in [0, 0.05) is 25.1 Å². The molecule has 1 aromatic heterocycles. The minimum Gasteiger partial charge on any atom is -0.352 e. The second-order valence-corrected chi connectivity index (χ2v) is 8.41. The fourth-order valence-corrected chi connectivity index (χ4v) is 4.16. The molecule has 0 aliphatic heterocycles. The lowest BCUT2D eigenvalue weighted by Crippen LogP contribution is -2.25. The molecule has 4 aromatic rings. The minimum absolute atomic E-state index is 0.0168. The van der Waals surface area contributed by atoms with Crippen LogP contribution < -0.4 is 5.32 Å². The van der Waals surface area contributed by atoms with E-state index >= 15 is 0 Å². The van der Waals surface area contributed by atoms with E-state index in [0.717, 1.165) is 54.7 Å². The number of imidazole rings is 1. The van der Waals surface area contributed by atoms with Crippen molar-refractivity contribution in [2.24, 2.45) is 0 Å². The second-order valence-electron chi connectivity index (χ2n) is 8.41. The summed E-state index contributed by atoms with van der Waals surface area (Å²) in [6, 6.07) is 24.7. The van der Waals surface area contributed by atoms with Crippen molar-refractivity contribution in [1.29, 1.82) is 0 Å². The van der Waals surface area contributed by atoms with Gasteiger partial charge < -0.3 is 9.88 Å². The summed E-state index contributed by atoms with van der Waals surface area (Å²) in [5.74, 6) is 1.15. The molecule has 1 heterocycles. The number of nitrogens with one attached hydrogen (secondary N) is 1. The molecule has 1 amide bonds. The number of aryl methyl sites for hydroxylation is 3. The maximum atomic E-state index is 12.3. The third kappa shape index (κ3) is 5.08. The monoisotopic (exact) mass is 425 g/mol. The third-order valence-electron chi connectivity index (χ3n) is 6.08. The number of fused-ring (bicyclic) bond motifs is 1. The van der Waals surface area contributed by atoms with Crippen molar-refractivity contribution in [2.45, 2.75) is 46.1 Å². The van der Waals surface area contributed by atoms with E-state index in [1.54, 1.807) is 0 Å². The highest BCUT2D eigenvalue weighted by Gasteiger charge is 2.12. The molecule has 4 rings (SSSR count). The molecule has 164 valence electrons. The Morgan fingerprint density at radius 2 is 1.56 bits per heavy atom. The first-order valence-corrected chi connectivity index (χ1v) is 11.5. The van der Waals surface area contributed by atoms with Crippen LogP contribution in [0.5, 0.6) is 0 Å². The quantitative estimate of drug-likeness (QED) is 0.342. The van der Waals surface area contributed by atoms with Gasteiger partial charge in [0.05, 0.1) is 11.0 Å². The fourth-order valence-electron chi connectivity index (χ4n) is 4.16. The van der Waals surface area contributed by atoms with E-state index in [1.165, 1.54) is 16.6 Å². The first-order valence-electron chi connectivity index (χ1n) is 11.5. The molecular weight excluding hydrogens is 394 g/mol. The molecule has 0 bridgehead atoms. The van der Waals surface area contributed by atoms with Crippen LogP contribution in [0.25, 0.3) is 11.0 Å². The maximum Gasteiger partial charge on any atom is 0.251 e. The largest absolute Gasteiger partial charge is 0.352 e. The Hall–Kier alpha value is -3.40. The summed E-state index contributed by atoms with van der Waals surface area (Å²) < 4.78 is 2.36. The van der Waals surface area contributed by atoms with E-state index in [-0.39, 0.29) is 5.91 Å². The highest BCUT2D eigenvalue weighted by atomic mass is 16.1. The Balaban J connectivity index is 1.34. The average molecular weight is 426 g/mol. The number of carbonyl (C=O) groups is 1. The van der Waals surface area contributed by atoms with Crippen LogP contribution in [0.15, 0.2) is 72.8 Å². The molecule has 0 spiro atoms. The number of carbonyl (C=O) groups excluding carboxylic acids is 1. The zero-order valence-corrected chi connectivity index (χ0v) is 19.0. The van der Waals surface area contributed by atoms with Crippen molar-refractivity contribution in [1.82, 2.24) is 14.9 Å². The van der Waals surface area contributed by atoms with Gasteiger partial charge >= 0.3 is 0 Å². The standard InChI is InChI=1S/C28H31N3O/c1-21-12-5-7-14-23(21)20-31-26-17-10-9-16-25(26)30-27(31)18-4-3-11-19-29-28(32)24-15-8-6-13-22(24)2/h5-10,12-17H,3-4,11,18-20H2,1-2H3,(H,29,32). The minimum atomic E-state index is 0.0168. The van der Waals surface area contributed by atoms with E-state index in [1.807, 2.05) is 37.3 Å². The number of amides is 1. The van der Waals surface area contributed by atoms with E-state index in [0.29, 0.717) is 6.54 Å². The summed E-state index contributed by atoms with van der Waals surface area (Å²) in [6.07, 6.45) is 4.01. The number of aromatic nitrogens is 2. The zero-order valence-electron chi connectivity index (χ0n) is 19.0. The van der Waals surface area contributed by atoms with Crippen LogP contribution in [0.4, 0.5) is 0 Å². The van der Waals surface area contributed by atoms with E-state index in [9.17, 15) is 4.79 Å². The first-order chi connectivity index (χ1) is 15.6. The van der Waals surface area contributed by atoms with Crippen molar-refractivity contribution in [3.8, 4) is 0 Å². The van der Waals surface area contributed by atoms with E-state index in [4.69, 9.17) is 4.98 Å². The summed E-state index contributed by atoms with van der Waals surface area (Å²) in [7, 11) is 0. The Labute approximate surface area is 190 Å². The average Bonchev–Trinajstić information content (AvgIpc) is 3.15. The Morgan fingerprint density at radius 3 is 2.38 bits per heavy atom. The molecule has 0 saturated heterocycles. The van der Waals surface area contributed by atoms with Gasteiger partial charge in [0.15, 0.2) is 0 Å². The zero-order chi connectivity index (χ0) is 22.3. The van der Waals surface area contributed by atoms with Gasteiger partial charge in [0.25, 0.3) is 5.91 Å². The molecular formula is C28H31N3O. The normalized spacial score (nSPS) is 11.1.